The van der Waals surface area contributed by atoms with E-state index in [9.17, 15) is 15.3 Å². The molecule has 1 rings (SSSR count). The first-order valence-electron chi connectivity index (χ1n) is 9.47. The van der Waals surface area contributed by atoms with Gasteiger partial charge in [-0.25, -0.2) is 0 Å². The van der Waals surface area contributed by atoms with Crippen LogP contribution in [0.5, 0.6) is 0 Å². The van der Waals surface area contributed by atoms with Gasteiger partial charge in [0.15, 0.2) is 0 Å². The van der Waals surface area contributed by atoms with E-state index < -0.39 is 12.2 Å². The maximum Gasteiger partial charge on any atom is 0.0721 e. The largest absolute Gasteiger partial charge is 0.393 e. The fraction of sp³-hybridized carbons (Fsp3) is 0.800. The summed E-state index contributed by atoms with van der Waals surface area (Å²) in [5, 5.41) is 29.5. The monoisotopic (exact) mass is 358 g/mol. The Morgan fingerprint density at radius 1 is 1.17 bits per heavy atom. The van der Waals surface area contributed by atoms with E-state index in [-0.39, 0.29) is 23.3 Å². The molecule has 24 heavy (non-hydrogen) atoms. The molecule has 1 saturated carbocycles. The minimum Gasteiger partial charge on any atom is -0.393 e. The third-order valence-electron chi connectivity index (χ3n) is 4.85. The second-order valence-corrected chi connectivity index (χ2v) is 7.70. The van der Waals surface area contributed by atoms with Crippen LogP contribution in [0.4, 0.5) is 0 Å². The molecule has 0 aromatic heterocycles. The minimum absolute atomic E-state index is 0.00902. The third kappa shape index (κ3) is 8.15. The molecule has 6 unspecified atom stereocenters. The van der Waals surface area contributed by atoms with E-state index in [0.717, 1.165) is 19.3 Å². The molecule has 0 spiro atoms. The standard InChI is InChI=1S/C20H35ClO3/c1-3-4-5-6-7-11-17-18(20(24)14-19(17)21)13-12-16(23)10-8-9-15(2)22/h6-7,12-13,15-20,22-24H,3-5,8-11,14H2,1-2H3/b7-6-,13-12+. The van der Waals surface area contributed by atoms with Crippen molar-refractivity contribution in [3.05, 3.63) is 24.3 Å². The van der Waals surface area contributed by atoms with E-state index in [4.69, 9.17) is 11.6 Å². The van der Waals surface area contributed by atoms with Gasteiger partial charge < -0.3 is 15.3 Å². The summed E-state index contributed by atoms with van der Waals surface area (Å²) < 4.78 is 0. The summed E-state index contributed by atoms with van der Waals surface area (Å²) >= 11 is 6.42. The van der Waals surface area contributed by atoms with Crippen LogP contribution in [0.3, 0.4) is 0 Å². The van der Waals surface area contributed by atoms with Gasteiger partial charge in [0.2, 0.25) is 0 Å². The van der Waals surface area contributed by atoms with Crippen LogP contribution in [0, 0.1) is 11.8 Å². The number of aliphatic hydroxyl groups excluding tert-OH is 3. The fourth-order valence-corrected chi connectivity index (χ4v) is 3.79. The molecule has 3 N–H and O–H groups in total. The van der Waals surface area contributed by atoms with Gasteiger partial charge in [-0.05, 0) is 51.4 Å². The highest BCUT2D eigenvalue weighted by atomic mass is 35.5. The van der Waals surface area contributed by atoms with Gasteiger partial charge in [-0.15, -0.1) is 11.6 Å². The van der Waals surface area contributed by atoms with Crippen molar-refractivity contribution in [2.45, 2.75) is 88.9 Å². The third-order valence-corrected chi connectivity index (χ3v) is 5.35. The van der Waals surface area contributed by atoms with Gasteiger partial charge in [-0.2, -0.15) is 0 Å². The molecular weight excluding hydrogens is 324 g/mol. The molecule has 0 heterocycles. The van der Waals surface area contributed by atoms with Crippen molar-refractivity contribution in [2.75, 3.05) is 0 Å². The van der Waals surface area contributed by atoms with Crippen LogP contribution in [-0.2, 0) is 0 Å². The topological polar surface area (TPSA) is 60.7 Å². The normalized spacial score (nSPS) is 30.4. The van der Waals surface area contributed by atoms with E-state index in [2.05, 4.69) is 19.1 Å². The van der Waals surface area contributed by atoms with Crippen LogP contribution in [0.25, 0.3) is 0 Å². The molecule has 3 nitrogen and oxygen atoms in total. The molecule has 1 aliphatic carbocycles. The van der Waals surface area contributed by atoms with Crippen LogP contribution in [0.2, 0.25) is 0 Å². The predicted octanol–water partition coefficient (Wildman–Crippen LogP) is 4.20. The lowest BCUT2D eigenvalue weighted by Gasteiger charge is -2.19. The van der Waals surface area contributed by atoms with E-state index in [0.29, 0.717) is 19.3 Å². The number of rotatable bonds is 11. The summed E-state index contributed by atoms with van der Waals surface area (Å²) in [6.07, 6.45) is 14.0. The number of unbranched alkanes of at least 4 members (excludes halogenated alkanes) is 2. The van der Waals surface area contributed by atoms with Crippen LogP contribution in [-0.4, -0.2) is 39.0 Å². The van der Waals surface area contributed by atoms with Crippen LogP contribution < -0.4 is 0 Å². The lowest BCUT2D eigenvalue weighted by Crippen LogP contribution is -2.19. The zero-order valence-electron chi connectivity index (χ0n) is 15.1. The second kappa shape index (κ2) is 12.1. The maximum atomic E-state index is 10.3. The molecule has 1 fully saturated rings. The number of hydrogen-bond donors (Lipinski definition) is 3. The molecule has 0 aromatic rings. The summed E-state index contributed by atoms with van der Waals surface area (Å²) in [5.41, 5.74) is 0. The van der Waals surface area contributed by atoms with Gasteiger partial charge >= 0.3 is 0 Å². The Labute approximate surface area is 152 Å². The highest BCUT2D eigenvalue weighted by Crippen LogP contribution is 2.39. The summed E-state index contributed by atoms with van der Waals surface area (Å²) in [4.78, 5) is 0. The summed E-state index contributed by atoms with van der Waals surface area (Å²) in [6, 6.07) is 0. The van der Waals surface area contributed by atoms with E-state index in [1.165, 1.54) is 12.8 Å². The van der Waals surface area contributed by atoms with E-state index in [1.807, 2.05) is 6.08 Å². The lowest BCUT2D eigenvalue weighted by molar-refractivity contribution is 0.140. The van der Waals surface area contributed by atoms with E-state index in [1.54, 1.807) is 13.0 Å². The highest BCUT2D eigenvalue weighted by molar-refractivity contribution is 6.21. The van der Waals surface area contributed by atoms with Crippen LogP contribution in [0.15, 0.2) is 24.3 Å². The fourth-order valence-electron chi connectivity index (χ4n) is 3.33. The van der Waals surface area contributed by atoms with Crippen molar-refractivity contribution in [2.24, 2.45) is 11.8 Å². The first kappa shape index (κ1) is 21.7. The summed E-state index contributed by atoms with van der Waals surface area (Å²) in [5.74, 6) is 0.232. The molecular formula is C20H35ClO3. The molecule has 1 aliphatic rings. The molecule has 140 valence electrons. The minimum atomic E-state index is -0.522. The molecule has 0 radical (unpaired) electrons. The van der Waals surface area contributed by atoms with Crippen molar-refractivity contribution in [1.82, 2.24) is 0 Å². The number of halogens is 1. The Hall–Kier alpha value is -0.350. The highest BCUT2D eigenvalue weighted by Gasteiger charge is 2.39. The second-order valence-electron chi connectivity index (χ2n) is 7.14. The van der Waals surface area contributed by atoms with Gasteiger partial charge in [-0.3, -0.25) is 0 Å². The summed E-state index contributed by atoms with van der Waals surface area (Å²) in [7, 11) is 0. The predicted molar refractivity (Wildman–Crippen MR) is 101 cm³/mol. The van der Waals surface area contributed by atoms with Gasteiger partial charge in [0.25, 0.3) is 0 Å². The molecule has 0 aliphatic heterocycles. The lowest BCUT2D eigenvalue weighted by atomic mass is 9.90. The Morgan fingerprint density at radius 2 is 1.92 bits per heavy atom. The molecule has 4 heteroatoms. The number of alkyl halides is 1. The summed E-state index contributed by atoms with van der Waals surface area (Å²) in [6.45, 7) is 3.94. The Morgan fingerprint density at radius 3 is 2.58 bits per heavy atom. The van der Waals surface area contributed by atoms with Crippen molar-refractivity contribution in [3.63, 3.8) is 0 Å². The smallest absolute Gasteiger partial charge is 0.0721 e. The first-order chi connectivity index (χ1) is 11.5. The van der Waals surface area contributed by atoms with Gasteiger partial charge in [-0.1, -0.05) is 44.1 Å². The van der Waals surface area contributed by atoms with Crippen molar-refractivity contribution < 1.29 is 15.3 Å². The van der Waals surface area contributed by atoms with Crippen molar-refractivity contribution in [1.29, 1.82) is 0 Å². The number of aliphatic hydroxyl groups is 3. The SMILES string of the molecule is CCCC/C=C\CC1C(Cl)CC(O)C1/C=C/C(O)CCCC(C)O. The molecule has 6 atom stereocenters. The molecule has 0 saturated heterocycles. The van der Waals surface area contributed by atoms with Gasteiger partial charge in [0, 0.05) is 11.3 Å². The molecule has 0 aromatic carbocycles. The number of allylic oxidation sites excluding steroid dienone is 2. The zero-order valence-corrected chi connectivity index (χ0v) is 15.9. The van der Waals surface area contributed by atoms with Crippen LogP contribution >= 0.6 is 11.6 Å². The number of hydrogen-bond acceptors (Lipinski definition) is 3. The Kier molecular flexibility index (Phi) is 10.9. The van der Waals surface area contributed by atoms with Crippen LogP contribution in [0.1, 0.15) is 65.2 Å². The molecule has 0 bridgehead atoms. The first-order valence-corrected chi connectivity index (χ1v) is 9.90. The average molecular weight is 359 g/mol. The Balaban J connectivity index is 2.49. The Bertz CT molecular complexity index is 381. The maximum absolute atomic E-state index is 10.3. The molecule has 0 amide bonds. The van der Waals surface area contributed by atoms with E-state index >= 15 is 0 Å². The zero-order chi connectivity index (χ0) is 17.9. The van der Waals surface area contributed by atoms with Crippen molar-refractivity contribution >= 4 is 11.6 Å². The quantitative estimate of drug-likeness (QED) is 0.295. The average Bonchev–Trinajstić information content (AvgIpc) is 2.78. The van der Waals surface area contributed by atoms with Crippen molar-refractivity contribution in [3.8, 4) is 0 Å². The van der Waals surface area contributed by atoms with Gasteiger partial charge in [0.1, 0.15) is 0 Å². The van der Waals surface area contributed by atoms with Gasteiger partial charge in [0.05, 0.1) is 18.3 Å².